The molecule has 0 radical (unpaired) electrons. The van der Waals surface area contributed by atoms with E-state index in [1.54, 1.807) is 0 Å². The lowest BCUT2D eigenvalue weighted by atomic mass is 10.1. The summed E-state index contributed by atoms with van der Waals surface area (Å²) in [7, 11) is 0. The summed E-state index contributed by atoms with van der Waals surface area (Å²) >= 11 is 1.52. The standard InChI is InChI=1S/C14H15FN2OS/c1-2-12-9-16-14(17-12)19-8-7-13(18)10-3-5-11(15)6-4-10/h3-6,9H,2,7-8H2,1H3,(H,16,17). The molecule has 1 aromatic carbocycles. The van der Waals surface area contributed by atoms with Crippen LogP contribution in [0.2, 0.25) is 0 Å². The van der Waals surface area contributed by atoms with Crippen LogP contribution in [-0.2, 0) is 6.42 Å². The van der Waals surface area contributed by atoms with E-state index in [2.05, 4.69) is 16.9 Å². The molecule has 0 aliphatic rings. The lowest BCUT2D eigenvalue weighted by molar-refractivity contribution is 0.0989. The van der Waals surface area contributed by atoms with Gasteiger partial charge in [-0.05, 0) is 30.7 Å². The molecule has 3 nitrogen and oxygen atoms in total. The van der Waals surface area contributed by atoms with Crippen molar-refractivity contribution in [3.8, 4) is 0 Å². The van der Waals surface area contributed by atoms with Crippen LogP contribution in [0.15, 0.2) is 35.6 Å². The number of carbonyl (C=O) groups is 1. The number of benzene rings is 1. The highest BCUT2D eigenvalue weighted by atomic mass is 32.2. The van der Waals surface area contributed by atoms with Gasteiger partial charge in [0.1, 0.15) is 5.82 Å². The van der Waals surface area contributed by atoms with Crippen LogP contribution in [0.4, 0.5) is 4.39 Å². The second kappa shape index (κ2) is 6.52. The third-order valence-corrected chi connectivity index (χ3v) is 3.61. The van der Waals surface area contributed by atoms with Crippen LogP contribution >= 0.6 is 11.8 Å². The maximum Gasteiger partial charge on any atom is 0.165 e. The number of halogens is 1. The van der Waals surface area contributed by atoms with Crippen LogP contribution in [0.25, 0.3) is 0 Å². The molecule has 0 amide bonds. The molecular weight excluding hydrogens is 263 g/mol. The number of rotatable bonds is 6. The minimum atomic E-state index is -0.325. The Morgan fingerprint density at radius 1 is 1.37 bits per heavy atom. The van der Waals surface area contributed by atoms with E-state index < -0.39 is 0 Å². The van der Waals surface area contributed by atoms with Crippen LogP contribution in [-0.4, -0.2) is 21.5 Å². The summed E-state index contributed by atoms with van der Waals surface area (Å²) in [5, 5.41) is 0.837. The Morgan fingerprint density at radius 3 is 2.74 bits per heavy atom. The third-order valence-electron chi connectivity index (χ3n) is 2.72. The van der Waals surface area contributed by atoms with E-state index >= 15 is 0 Å². The highest BCUT2D eigenvalue weighted by Crippen LogP contribution is 2.16. The Balaban J connectivity index is 1.82. The molecular formula is C14H15FN2OS. The molecule has 0 saturated carbocycles. The number of ketones is 1. The van der Waals surface area contributed by atoms with Crippen molar-refractivity contribution < 1.29 is 9.18 Å². The van der Waals surface area contributed by atoms with Gasteiger partial charge < -0.3 is 4.98 Å². The first-order chi connectivity index (χ1) is 9.19. The number of thioether (sulfide) groups is 1. The molecule has 1 N–H and O–H groups in total. The SMILES string of the molecule is CCc1cnc(SCCC(=O)c2ccc(F)cc2)[nH]1. The highest BCUT2D eigenvalue weighted by molar-refractivity contribution is 7.99. The van der Waals surface area contributed by atoms with Gasteiger partial charge in [0.15, 0.2) is 10.9 Å². The Labute approximate surface area is 115 Å². The van der Waals surface area contributed by atoms with Gasteiger partial charge in [0.2, 0.25) is 0 Å². The van der Waals surface area contributed by atoms with Crippen LogP contribution in [0.3, 0.4) is 0 Å². The zero-order valence-corrected chi connectivity index (χ0v) is 11.5. The predicted molar refractivity (Wildman–Crippen MR) is 74.0 cm³/mol. The predicted octanol–water partition coefficient (Wildman–Crippen LogP) is 3.48. The number of H-pyrrole nitrogens is 1. The number of hydrogen-bond acceptors (Lipinski definition) is 3. The van der Waals surface area contributed by atoms with Crippen molar-refractivity contribution >= 4 is 17.5 Å². The first-order valence-corrected chi connectivity index (χ1v) is 7.13. The second-order valence-electron chi connectivity index (χ2n) is 4.10. The van der Waals surface area contributed by atoms with Gasteiger partial charge >= 0.3 is 0 Å². The summed E-state index contributed by atoms with van der Waals surface area (Å²) in [6.45, 7) is 2.06. The fraction of sp³-hybridized carbons (Fsp3) is 0.286. The van der Waals surface area contributed by atoms with Crippen LogP contribution in [0, 0.1) is 5.82 Å². The van der Waals surface area contributed by atoms with Gasteiger partial charge in [-0.15, -0.1) is 0 Å². The average Bonchev–Trinajstić information content (AvgIpc) is 2.87. The molecule has 1 heterocycles. The molecule has 1 aromatic heterocycles. The Kier molecular flexibility index (Phi) is 4.74. The monoisotopic (exact) mass is 278 g/mol. The van der Waals surface area contributed by atoms with Crippen LogP contribution in [0.5, 0.6) is 0 Å². The average molecular weight is 278 g/mol. The number of hydrogen-bond donors (Lipinski definition) is 1. The molecule has 100 valence electrons. The van der Waals surface area contributed by atoms with Crippen molar-refractivity contribution in [2.45, 2.75) is 24.9 Å². The summed E-state index contributed by atoms with van der Waals surface area (Å²) in [5.41, 5.74) is 1.64. The molecule has 0 aliphatic carbocycles. The molecule has 2 aromatic rings. The van der Waals surface area contributed by atoms with Crippen molar-refractivity contribution in [3.63, 3.8) is 0 Å². The van der Waals surface area contributed by atoms with Gasteiger partial charge in [0, 0.05) is 29.6 Å². The molecule has 0 unspecified atom stereocenters. The van der Waals surface area contributed by atoms with Crippen molar-refractivity contribution in [2.24, 2.45) is 0 Å². The van der Waals surface area contributed by atoms with Crippen LogP contribution < -0.4 is 0 Å². The van der Waals surface area contributed by atoms with Gasteiger partial charge in [-0.2, -0.15) is 0 Å². The number of nitrogens with zero attached hydrogens (tertiary/aromatic N) is 1. The minimum Gasteiger partial charge on any atom is -0.337 e. The number of imidazole rings is 1. The maximum atomic E-state index is 12.7. The molecule has 0 saturated heterocycles. The zero-order valence-electron chi connectivity index (χ0n) is 10.6. The molecule has 0 atom stereocenters. The first kappa shape index (κ1) is 13.8. The van der Waals surface area contributed by atoms with Gasteiger partial charge in [-0.1, -0.05) is 18.7 Å². The molecule has 2 rings (SSSR count). The molecule has 0 fully saturated rings. The normalized spacial score (nSPS) is 10.6. The summed E-state index contributed by atoms with van der Waals surface area (Å²) in [6.07, 6.45) is 3.14. The Morgan fingerprint density at radius 2 is 2.11 bits per heavy atom. The third kappa shape index (κ3) is 3.92. The number of aromatic amines is 1. The van der Waals surface area contributed by atoms with Crippen molar-refractivity contribution in [1.29, 1.82) is 0 Å². The van der Waals surface area contributed by atoms with Gasteiger partial charge in [0.05, 0.1) is 0 Å². The number of carbonyl (C=O) groups excluding carboxylic acids is 1. The van der Waals surface area contributed by atoms with E-state index in [1.165, 1.54) is 36.0 Å². The quantitative estimate of drug-likeness (QED) is 0.650. The lowest BCUT2D eigenvalue weighted by Gasteiger charge is -2.00. The number of nitrogens with one attached hydrogen (secondary N) is 1. The smallest absolute Gasteiger partial charge is 0.165 e. The van der Waals surface area contributed by atoms with E-state index in [0.717, 1.165) is 17.3 Å². The maximum absolute atomic E-state index is 12.7. The van der Waals surface area contributed by atoms with Gasteiger partial charge in [0.25, 0.3) is 0 Å². The fourth-order valence-electron chi connectivity index (χ4n) is 1.61. The summed E-state index contributed by atoms with van der Waals surface area (Å²) in [6, 6.07) is 5.65. The second-order valence-corrected chi connectivity index (χ2v) is 5.18. The van der Waals surface area contributed by atoms with E-state index in [1.807, 2.05) is 6.20 Å². The van der Waals surface area contributed by atoms with Crippen molar-refractivity contribution in [1.82, 2.24) is 9.97 Å². The van der Waals surface area contributed by atoms with E-state index in [-0.39, 0.29) is 11.6 Å². The van der Waals surface area contributed by atoms with Gasteiger partial charge in [-0.25, -0.2) is 9.37 Å². The lowest BCUT2D eigenvalue weighted by Crippen LogP contribution is -2.00. The number of aryl methyl sites for hydroxylation is 1. The fourth-order valence-corrected chi connectivity index (χ4v) is 2.42. The van der Waals surface area contributed by atoms with E-state index in [0.29, 0.717) is 17.7 Å². The van der Waals surface area contributed by atoms with Gasteiger partial charge in [-0.3, -0.25) is 4.79 Å². The van der Waals surface area contributed by atoms with E-state index in [9.17, 15) is 9.18 Å². The summed E-state index contributed by atoms with van der Waals surface area (Å²) in [5.74, 6) is 0.357. The summed E-state index contributed by atoms with van der Waals surface area (Å²) in [4.78, 5) is 19.2. The molecule has 0 bridgehead atoms. The highest BCUT2D eigenvalue weighted by Gasteiger charge is 2.07. The molecule has 19 heavy (non-hydrogen) atoms. The molecule has 0 spiro atoms. The Bertz CT molecular complexity index is 551. The minimum absolute atomic E-state index is 0.0229. The van der Waals surface area contributed by atoms with Crippen molar-refractivity contribution in [3.05, 3.63) is 47.5 Å². The topological polar surface area (TPSA) is 45.8 Å². The molecule has 5 heteroatoms. The Hall–Kier alpha value is -1.62. The number of aromatic nitrogens is 2. The largest absolute Gasteiger partial charge is 0.337 e. The first-order valence-electron chi connectivity index (χ1n) is 6.14. The zero-order chi connectivity index (χ0) is 13.7. The molecule has 0 aliphatic heterocycles. The van der Waals surface area contributed by atoms with E-state index in [4.69, 9.17) is 0 Å². The van der Waals surface area contributed by atoms with Crippen molar-refractivity contribution in [2.75, 3.05) is 5.75 Å². The number of Topliss-reactive ketones (excluding diaryl/α,β-unsaturated/α-hetero) is 1. The summed E-state index contributed by atoms with van der Waals surface area (Å²) < 4.78 is 12.7. The van der Waals surface area contributed by atoms with Crippen LogP contribution in [0.1, 0.15) is 29.4 Å².